The van der Waals surface area contributed by atoms with Crippen LogP contribution in [0.5, 0.6) is 0 Å². The average Bonchev–Trinajstić information content (AvgIpc) is 3.85. The molecule has 2 atom stereocenters. The Bertz CT molecular complexity index is 1590. The van der Waals surface area contributed by atoms with Crippen molar-refractivity contribution in [1.29, 1.82) is 0 Å². The minimum Gasteiger partial charge on any atom is -0.444 e. The van der Waals surface area contributed by atoms with E-state index in [9.17, 15) is 14.7 Å². The molecule has 1 fully saturated rings. The zero-order chi connectivity index (χ0) is 34.7. The first-order valence-corrected chi connectivity index (χ1v) is 16.2. The summed E-state index contributed by atoms with van der Waals surface area (Å²) >= 11 is 0. The van der Waals surface area contributed by atoms with Gasteiger partial charge in [0.25, 0.3) is 0 Å². The summed E-state index contributed by atoms with van der Waals surface area (Å²) in [7, 11) is 0. The normalized spacial score (nSPS) is 15.4. The van der Waals surface area contributed by atoms with Crippen LogP contribution in [0.1, 0.15) is 77.7 Å². The maximum Gasteiger partial charge on any atom is 0.407 e. The fourth-order valence-electron chi connectivity index (χ4n) is 5.19. The summed E-state index contributed by atoms with van der Waals surface area (Å²) in [6.07, 6.45) is 7.69. The van der Waals surface area contributed by atoms with Crippen molar-refractivity contribution in [2.45, 2.75) is 77.7 Å². The highest BCUT2D eigenvalue weighted by molar-refractivity contribution is 5.71. The maximum atomic E-state index is 11.8. The fourth-order valence-corrected chi connectivity index (χ4v) is 5.19. The van der Waals surface area contributed by atoms with Crippen molar-refractivity contribution >= 4 is 12.2 Å². The van der Waals surface area contributed by atoms with Crippen LogP contribution < -0.4 is 10.6 Å². The molecular weight excluding hydrogens is 612 g/mol. The number of carbonyl (C=O) groups is 2. The van der Waals surface area contributed by atoms with Gasteiger partial charge in [-0.3, -0.25) is 0 Å². The van der Waals surface area contributed by atoms with Crippen LogP contribution in [0.2, 0.25) is 0 Å². The molecule has 6 rings (SSSR count). The van der Waals surface area contributed by atoms with Crippen LogP contribution in [0.3, 0.4) is 0 Å². The molecule has 12 heteroatoms. The van der Waals surface area contributed by atoms with Crippen molar-refractivity contribution in [3.63, 3.8) is 0 Å². The second kappa shape index (κ2) is 16.4. The summed E-state index contributed by atoms with van der Waals surface area (Å²) in [6.45, 7) is 13.5. The first kappa shape index (κ1) is 36.2. The highest BCUT2D eigenvalue weighted by atomic mass is 16.6. The minimum atomic E-state index is -0.841. The zero-order valence-electron chi connectivity index (χ0n) is 28.7. The summed E-state index contributed by atoms with van der Waals surface area (Å²) < 4.78 is 17.5. The fraction of sp³-hybridized carbons (Fsp3) is 0.444. The molecule has 4 N–H and O–H groups in total. The number of nitrogens with one attached hydrogen (secondary N) is 3. The van der Waals surface area contributed by atoms with E-state index >= 15 is 0 Å². The number of ether oxygens (including phenoxy) is 3. The largest absolute Gasteiger partial charge is 0.444 e. The summed E-state index contributed by atoms with van der Waals surface area (Å²) in [5, 5.41) is 15.8. The number of nitrogens with zero attached hydrogens (tertiary/aromatic N) is 3. The number of alkyl carbamates (subject to hydrolysis) is 2. The van der Waals surface area contributed by atoms with Gasteiger partial charge in [-0.25, -0.2) is 19.6 Å². The number of aliphatic hydroxyl groups is 1. The topological polar surface area (TPSA) is 153 Å². The molecule has 258 valence electrons. The van der Waals surface area contributed by atoms with Gasteiger partial charge in [0.1, 0.15) is 11.2 Å². The highest BCUT2D eigenvalue weighted by Gasteiger charge is 2.29. The molecule has 0 bridgehead atoms. The Balaban J connectivity index is 0.000000189. The number of hydrogen-bond acceptors (Lipinski definition) is 8. The SMILES string of the molecule is C1CCOC1.CC(C)(C)OC(=O)NCC(O)c1ccccc1-c1cnc[nH]1.CC(C)(C)OC(=O)NCC1c2ccccc2-c2cncn21. The van der Waals surface area contributed by atoms with Crippen molar-refractivity contribution in [1.82, 2.24) is 30.2 Å². The van der Waals surface area contributed by atoms with E-state index in [0.29, 0.717) is 12.1 Å². The van der Waals surface area contributed by atoms with Crippen LogP contribution in [0.25, 0.3) is 22.5 Å². The van der Waals surface area contributed by atoms with Gasteiger partial charge in [-0.15, -0.1) is 0 Å². The lowest BCUT2D eigenvalue weighted by molar-refractivity contribution is 0.0489. The van der Waals surface area contributed by atoms with E-state index in [1.54, 1.807) is 39.6 Å². The molecule has 2 aliphatic rings. The summed E-state index contributed by atoms with van der Waals surface area (Å²) in [6, 6.07) is 15.7. The van der Waals surface area contributed by atoms with Crippen LogP contribution in [-0.4, -0.2) is 74.3 Å². The molecule has 2 aliphatic heterocycles. The van der Waals surface area contributed by atoms with E-state index < -0.39 is 29.5 Å². The third-order valence-corrected chi connectivity index (χ3v) is 7.21. The van der Waals surface area contributed by atoms with Crippen molar-refractivity contribution in [3.8, 4) is 22.5 Å². The lowest BCUT2D eigenvalue weighted by Crippen LogP contribution is -2.35. The summed E-state index contributed by atoms with van der Waals surface area (Å²) in [5.74, 6) is 0. The molecule has 0 saturated carbocycles. The molecule has 0 spiro atoms. The second-order valence-corrected chi connectivity index (χ2v) is 13.4. The molecule has 2 amide bonds. The molecule has 2 unspecified atom stereocenters. The Morgan fingerprint density at radius 2 is 1.54 bits per heavy atom. The Labute approximate surface area is 282 Å². The number of fused-ring (bicyclic) bond motifs is 3. The number of H-pyrrole nitrogens is 1. The number of amides is 2. The minimum absolute atomic E-state index is 0.0613. The molecule has 48 heavy (non-hydrogen) atoms. The molecule has 12 nitrogen and oxygen atoms in total. The number of imidazole rings is 2. The van der Waals surface area contributed by atoms with Gasteiger partial charge >= 0.3 is 12.2 Å². The molecule has 4 aromatic rings. The average molecular weight is 661 g/mol. The van der Waals surface area contributed by atoms with E-state index in [1.165, 1.54) is 24.0 Å². The van der Waals surface area contributed by atoms with Gasteiger partial charge in [-0.05, 0) is 65.5 Å². The van der Waals surface area contributed by atoms with Crippen molar-refractivity contribution in [3.05, 3.63) is 84.7 Å². The van der Waals surface area contributed by atoms with Crippen molar-refractivity contribution in [2.75, 3.05) is 26.3 Å². The number of hydrogen-bond donors (Lipinski definition) is 4. The van der Waals surface area contributed by atoms with Gasteiger partial charge in [0, 0.05) is 30.9 Å². The predicted octanol–water partition coefficient (Wildman–Crippen LogP) is 6.41. The number of benzene rings is 2. The molecule has 0 aliphatic carbocycles. The van der Waals surface area contributed by atoms with Crippen LogP contribution in [-0.2, 0) is 14.2 Å². The maximum absolute atomic E-state index is 11.8. The smallest absolute Gasteiger partial charge is 0.407 e. The lowest BCUT2D eigenvalue weighted by atomic mass is 10.0. The first-order valence-electron chi connectivity index (χ1n) is 16.2. The van der Waals surface area contributed by atoms with Crippen LogP contribution in [0, 0.1) is 0 Å². The quantitative estimate of drug-likeness (QED) is 0.185. The third kappa shape index (κ3) is 10.7. The first-order chi connectivity index (χ1) is 22.8. The third-order valence-electron chi connectivity index (χ3n) is 7.21. The highest BCUT2D eigenvalue weighted by Crippen LogP contribution is 2.38. The Morgan fingerprint density at radius 3 is 2.15 bits per heavy atom. The molecule has 1 saturated heterocycles. The van der Waals surface area contributed by atoms with Gasteiger partial charge in [-0.1, -0.05) is 48.5 Å². The van der Waals surface area contributed by atoms with Gasteiger partial charge < -0.3 is 39.5 Å². The van der Waals surface area contributed by atoms with E-state index in [2.05, 4.69) is 42.3 Å². The molecule has 4 heterocycles. The van der Waals surface area contributed by atoms with Crippen LogP contribution >= 0.6 is 0 Å². The summed E-state index contributed by atoms with van der Waals surface area (Å²) in [5.41, 5.74) is 4.77. The number of aliphatic hydroxyl groups excluding tert-OH is 1. The Morgan fingerprint density at radius 1 is 0.917 bits per heavy atom. The monoisotopic (exact) mass is 660 g/mol. The van der Waals surface area contributed by atoms with Crippen molar-refractivity contribution in [2.24, 2.45) is 0 Å². The number of aromatic amines is 1. The van der Waals surface area contributed by atoms with Crippen molar-refractivity contribution < 1.29 is 28.9 Å². The zero-order valence-corrected chi connectivity index (χ0v) is 28.7. The van der Waals surface area contributed by atoms with E-state index in [0.717, 1.165) is 30.2 Å². The van der Waals surface area contributed by atoms with Gasteiger partial charge in [-0.2, -0.15) is 0 Å². The number of rotatable bonds is 6. The summed E-state index contributed by atoms with van der Waals surface area (Å²) in [4.78, 5) is 34.7. The van der Waals surface area contributed by atoms with Crippen LogP contribution in [0.15, 0.2) is 73.6 Å². The molecule has 0 radical (unpaired) electrons. The van der Waals surface area contributed by atoms with E-state index in [1.807, 2.05) is 63.4 Å². The van der Waals surface area contributed by atoms with E-state index in [-0.39, 0.29) is 12.6 Å². The Kier molecular flexibility index (Phi) is 12.4. The van der Waals surface area contributed by atoms with Gasteiger partial charge in [0.2, 0.25) is 0 Å². The number of carbonyl (C=O) groups excluding carboxylic acids is 2. The van der Waals surface area contributed by atoms with Gasteiger partial charge in [0.05, 0.1) is 55.1 Å². The number of aromatic nitrogens is 4. The molecule has 2 aromatic heterocycles. The Hall–Kier alpha value is -4.68. The molecule has 2 aromatic carbocycles. The molecular formula is C36H48N6O6. The van der Waals surface area contributed by atoms with Crippen LogP contribution in [0.4, 0.5) is 9.59 Å². The predicted molar refractivity (Wildman–Crippen MR) is 183 cm³/mol. The second-order valence-electron chi connectivity index (χ2n) is 13.4. The standard InChI is InChI=1S/C16H21N3O3.C16H19N3O2.C4H8O/c1-16(2,3)22-15(21)18-9-14(20)12-7-5-4-6-11(12)13-8-17-10-19-13;1-16(2,3)21-15(20)18-9-14-12-7-5-4-6-11(12)13-8-17-10-19(13)14;1-2-4-5-3-1/h4-8,10,14,20H,9H2,1-3H3,(H,17,19)(H,18,21);4-8,10,14H,9H2,1-3H3,(H,18,20);1-4H2. The lowest BCUT2D eigenvalue weighted by Gasteiger charge is -2.21. The van der Waals surface area contributed by atoms with Gasteiger partial charge in [0.15, 0.2) is 0 Å². The van der Waals surface area contributed by atoms with E-state index in [4.69, 9.17) is 14.2 Å².